The third-order valence-electron chi connectivity index (χ3n) is 8.25. The van der Waals surface area contributed by atoms with Gasteiger partial charge in [-0.15, -0.1) is 5.10 Å². The number of hydrogen-bond donors (Lipinski definition) is 0. The van der Waals surface area contributed by atoms with Crippen molar-refractivity contribution in [3.8, 4) is 11.3 Å². The first-order valence-corrected chi connectivity index (χ1v) is 11.7. The van der Waals surface area contributed by atoms with Gasteiger partial charge in [0.05, 0.1) is 41.3 Å². The highest BCUT2D eigenvalue weighted by Crippen LogP contribution is 2.69. The lowest BCUT2D eigenvalue weighted by molar-refractivity contribution is -0.0322. The molecule has 2 bridgehead atoms. The SMILES string of the molecule is CC1(C)[C@H]2CC[C@]1(c1cccc(C(=O)CC3COC3)n1)c1nnc(-c3c(F)cccc3F)cc12. The van der Waals surface area contributed by atoms with Gasteiger partial charge in [0, 0.05) is 12.3 Å². The molecule has 2 fully saturated rings. The van der Waals surface area contributed by atoms with Crippen LogP contribution >= 0.6 is 0 Å². The van der Waals surface area contributed by atoms with E-state index in [2.05, 4.69) is 24.0 Å². The summed E-state index contributed by atoms with van der Waals surface area (Å²) >= 11 is 0. The number of halogens is 2. The number of ketones is 1. The van der Waals surface area contributed by atoms with E-state index in [0.717, 1.165) is 29.8 Å². The normalized spacial score (nSPS) is 24.6. The standard InChI is InChI=1S/C27H25F2N3O2/c1-26(2)17-9-10-27(26,23-8-4-7-20(30-23)22(33)11-15-13-34-14-15)25-16(17)12-21(31-32-25)24-18(28)5-3-6-19(24)29/h3-8,12,15,17H,9-11,13-14H2,1-2H3/t17-,27-/m0/s1. The molecule has 0 N–H and O–H groups in total. The molecule has 34 heavy (non-hydrogen) atoms. The van der Waals surface area contributed by atoms with Crippen molar-refractivity contribution in [3.05, 3.63) is 76.7 Å². The number of aromatic nitrogens is 3. The monoisotopic (exact) mass is 461 g/mol. The summed E-state index contributed by atoms with van der Waals surface area (Å²) in [5, 5.41) is 8.84. The summed E-state index contributed by atoms with van der Waals surface area (Å²) < 4.78 is 34.1. The van der Waals surface area contributed by atoms with Crippen LogP contribution in [0.1, 0.15) is 66.5 Å². The Balaban J connectivity index is 1.45. The largest absolute Gasteiger partial charge is 0.381 e. The van der Waals surface area contributed by atoms with Gasteiger partial charge in [-0.3, -0.25) is 4.79 Å². The lowest BCUT2D eigenvalue weighted by Gasteiger charge is -2.37. The lowest BCUT2D eigenvalue weighted by atomic mass is 9.66. The Morgan fingerprint density at radius 2 is 1.82 bits per heavy atom. The minimum atomic E-state index is -0.656. The molecular formula is C27H25F2N3O2. The van der Waals surface area contributed by atoms with Crippen LogP contribution in [0.15, 0.2) is 42.5 Å². The zero-order valence-corrected chi connectivity index (χ0v) is 19.1. The highest BCUT2D eigenvalue weighted by molar-refractivity contribution is 5.94. The van der Waals surface area contributed by atoms with Gasteiger partial charge in [-0.05, 0) is 60.1 Å². The molecule has 0 spiro atoms. The van der Waals surface area contributed by atoms with Gasteiger partial charge < -0.3 is 4.74 Å². The average Bonchev–Trinajstić information content (AvgIpc) is 3.17. The Bertz CT molecular complexity index is 1300. The Kier molecular flexibility index (Phi) is 4.72. The van der Waals surface area contributed by atoms with Gasteiger partial charge in [0.15, 0.2) is 5.78 Å². The third kappa shape index (κ3) is 2.86. The average molecular weight is 462 g/mol. The second-order valence-electron chi connectivity index (χ2n) is 10.3. The number of nitrogens with zero attached hydrogens (tertiary/aromatic N) is 3. The predicted octanol–water partition coefficient (Wildman–Crippen LogP) is 5.24. The highest BCUT2D eigenvalue weighted by Gasteiger charge is 2.65. The molecule has 2 aliphatic carbocycles. The maximum atomic E-state index is 14.5. The van der Waals surface area contributed by atoms with Crippen molar-refractivity contribution < 1.29 is 18.3 Å². The molecule has 0 radical (unpaired) electrons. The fourth-order valence-electron chi connectivity index (χ4n) is 6.35. The van der Waals surface area contributed by atoms with Crippen LogP contribution in [-0.2, 0) is 10.2 Å². The summed E-state index contributed by atoms with van der Waals surface area (Å²) in [4.78, 5) is 17.7. The van der Waals surface area contributed by atoms with Crippen LogP contribution in [0.3, 0.4) is 0 Å². The quantitative estimate of drug-likeness (QED) is 0.486. The second-order valence-corrected chi connectivity index (χ2v) is 10.3. The maximum absolute atomic E-state index is 14.5. The van der Waals surface area contributed by atoms with E-state index in [0.29, 0.717) is 25.3 Å². The number of carbonyl (C=O) groups is 1. The molecule has 3 aliphatic rings. The lowest BCUT2D eigenvalue weighted by Crippen LogP contribution is -2.38. The molecule has 1 aliphatic heterocycles. The van der Waals surface area contributed by atoms with Crippen LogP contribution in [0.5, 0.6) is 0 Å². The van der Waals surface area contributed by atoms with E-state index in [4.69, 9.17) is 9.72 Å². The predicted molar refractivity (Wildman–Crippen MR) is 121 cm³/mol. The van der Waals surface area contributed by atoms with Crippen LogP contribution < -0.4 is 0 Å². The summed E-state index contributed by atoms with van der Waals surface area (Å²) in [5.74, 6) is -0.876. The minimum Gasteiger partial charge on any atom is -0.381 e. The van der Waals surface area contributed by atoms with Crippen LogP contribution in [-0.4, -0.2) is 34.2 Å². The molecule has 0 unspecified atom stereocenters. The summed E-state index contributed by atoms with van der Waals surface area (Å²) in [6, 6.07) is 11.2. The number of Topliss-reactive ketones (excluding diaryl/α,β-unsaturated/α-hetero) is 1. The first-order valence-electron chi connectivity index (χ1n) is 11.7. The van der Waals surface area contributed by atoms with E-state index in [1.54, 1.807) is 12.1 Å². The number of carbonyl (C=O) groups excluding carboxylic acids is 1. The van der Waals surface area contributed by atoms with Crippen molar-refractivity contribution in [2.45, 2.75) is 44.4 Å². The first kappa shape index (κ1) is 21.5. The van der Waals surface area contributed by atoms with E-state index < -0.39 is 17.0 Å². The van der Waals surface area contributed by atoms with E-state index >= 15 is 0 Å². The number of pyridine rings is 1. The topological polar surface area (TPSA) is 65.0 Å². The fourth-order valence-corrected chi connectivity index (χ4v) is 6.35. The number of rotatable bonds is 5. The van der Waals surface area contributed by atoms with Gasteiger partial charge in [-0.25, -0.2) is 13.8 Å². The van der Waals surface area contributed by atoms with Crippen molar-refractivity contribution in [1.29, 1.82) is 0 Å². The number of ether oxygens (including phenoxy) is 1. The van der Waals surface area contributed by atoms with E-state index in [1.165, 1.54) is 18.2 Å². The Hall–Kier alpha value is -3.06. The zero-order valence-electron chi connectivity index (χ0n) is 19.1. The van der Waals surface area contributed by atoms with Crippen molar-refractivity contribution in [2.75, 3.05) is 13.2 Å². The zero-order chi connectivity index (χ0) is 23.7. The van der Waals surface area contributed by atoms with Crippen molar-refractivity contribution in [1.82, 2.24) is 15.2 Å². The molecule has 1 saturated heterocycles. The summed E-state index contributed by atoms with van der Waals surface area (Å²) in [6.07, 6.45) is 2.18. The first-order chi connectivity index (χ1) is 16.3. The number of hydrogen-bond acceptors (Lipinski definition) is 5. The Morgan fingerprint density at radius 1 is 1.09 bits per heavy atom. The van der Waals surface area contributed by atoms with Gasteiger partial charge in [0.2, 0.25) is 0 Å². The van der Waals surface area contributed by atoms with Gasteiger partial charge in [-0.1, -0.05) is 26.0 Å². The third-order valence-corrected chi connectivity index (χ3v) is 8.25. The molecule has 6 rings (SSSR count). The van der Waals surface area contributed by atoms with E-state index in [9.17, 15) is 13.6 Å². The smallest absolute Gasteiger partial charge is 0.181 e. The molecule has 0 amide bonds. The van der Waals surface area contributed by atoms with Crippen molar-refractivity contribution in [3.63, 3.8) is 0 Å². The Morgan fingerprint density at radius 3 is 2.53 bits per heavy atom. The van der Waals surface area contributed by atoms with Crippen LogP contribution in [0.25, 0.3) is 11.3 Å². The van der Waals surface area contributed by atoms with Gasteiger partial charge in [0.1, 0.15) is 17.3 Å². The highest BCUT2D eigenvalue weighted by atomic mass is 19.1. The van der Waals surface area contributed by atoms with E-state index in [1.807, 2.05) is 12.1 Å². The van der Waals surface area contributed by atoms with E-state index in [-0.39, 0.29) is 34.3 Å². The Labute approximate surface area is 196 Å². The number of benzene rings is 1. The fraction of sp³-hybridized carbons (Fsp3) is 0.407. The summed E-state index contributed by atoms with van der Waals surface area (Å²) in [7, 11) is 0. The van der Waals surface area contributed by atoms with Gasteiger partial charge in [0.25, 0.3) is 0 Å². The van der Waals surface area contributed by atoms with Crippen molar-refractivity contribution in [2.24, 2.45) is 11.3 Å². The molecule has 5 nitrogen and oxygen atoms in total. The minimum absolute atomic E-state index is 0.0218. The molecule has 1 aromatic carbocycles. The van der Waals surface area contributed by atoms with Crippen molar-refractivity contribution >= 4 is 5.78 Å². The molecule has 2 aromatic heterocycles. The van der Waals surface area contributed by atoms with Gasteiger partial charge in [-0.2, -0.15) is 5.10 Å². The summed E-state index contributed by atoms with van der Waals surface area (Å²) in [5.41, 5.74) is 2.34. The van der Waals surface area contributed by atoms with Crippen LogP contribution in [0.4, 0.5) is 8.78 Å². The van der Waals surface area contributed by atoms with Gasteiger partial charge >= 0.3 is 0 Å². The molecule has 2 atom stereocenters. The summed E-state index contributed by atoms with van der Waals surface area (Å²) in [6.45, 7) is 5.63. The van der Waals surface area contributed by atoms with Crippen LogP contribution in [0, 0.1) is 23.0 Å². The molecule has 3 heterocycles. The molecular weight excluding hydrogens is 436 g/mol. The molecule has 1 saturated carbocycles. The van der Waals surface area contributed by atoms with Crippen LogP contribution in [0.2, 0.25) is 0 Å². The maximum Gasteiger partial charge on any atom is 0.181 e. The molecule has 3 aromatic rings. The second kappa shape index (κ2) is 7.47. The number of fused-ring (bicyclic) bond motifs is 5. The molecule has 7 heteroatoms. The molecule has 174 valence electrons.